The molecular formula is C24H35ClO3. The van der Waals surface area contributed by atoms with Gasteiger partial charge in [0.1, 0.15) is 6.10 Å². The minimum Gasteiger partial charge on any atom is -0.462 e. The standard InChI is InChI=1S/C24H35ClO3/c1-14(22(25)27)19-7-8-20-18-6-5-16-13-17(28-15(2)26)9-11-23(16,3)21(18)10-12-24(19,20)4/h5,14,17-21H,6-13H2,1-4H3/t14?,17-,18-,19+,20-,21-,23-,24+/m0/s1. The largest absolute Gasteiger partial charge is 0.462 e. The van der Waals surface area contributed by atoms with Crippen LogP contribution in [0.1, 0.15) is 79.1 Å². The van der Waals surface area contributed by atoms with Crippen LogP contribution in [0.3, 0.4) is 0 Å². The summed E-state index contributed by atoms with van der Waals surface area (Å²) in [4.78, 5) is 23.3. The van der Waals surface area contributed by atoms with Crippen LogP contribution in [0.2, 0.25) is 0 Å². The molecule has 8 atom stereocenters. The van der Waals surface area contributed by atoms with Crippen LogP contribution in [0.5, 0.6) is 0 Å². The molecule has 4 heteroatoms. The van der Waals surface area contributed by atoms with E-state index < -0.39 is 0 Å². The van der Waals surface area contributed by atoms with Gasteiger partial charge in [0.2, 0.25) is 5.24 Å². The van der Waals surface area contributed by atoms with Gasteiger partial charge in [-0.25, -0.2) is 0 Å². The minimum atomic E-state index is -0.157. The molecule has 0 aromatic rings. The molecule has 3 fully saturated rings. The molecule has 4 aliphatic carbocycles. The molecule has 0 aromatic heterocycles. The zero-order chi connectivity index (χ0) is 20.3. The molecule has 156 valence electrons. The maximum atomic E-state index is 11.9. The third kappa shape index (κ3) is 3.07. The predicted molar refractivity (Wildman–Crippen MR) is 111 cm³/mol. The second kappa shape index (κ2) is 7.15. The monoisotopic (exact) mass is 406 g/mol. The molecule has 0 radical (unpaired) electrons. The van der Waals surface area contributed by atoms with Gasteiger partial charge in [-0.15, -0.1) is 0 Å². The molecule has 4 aliphatic rings. The lowest BCUT2D eigenvalue weighted by atomic mass is 9.47. The maximum absolute atomic E-state index is 11.9. The summed E-state index contributed by atoms with van der Waals surface area (Å²) in [7, 11) is 0. The predicted octanol–water partition coefficient (Wildman–Crippen LogP) is 5.90. The fourth-order valence-electron chi connectivity index (χ4n) is 7.98. The Balaban J connectivity index is 1.57. The Labute approximate surface area is 174 Å². The Morgan fingerprint density at radius 2 is 1.89 bits per heavy atom. The molecular weight excluding hydrogens is 372 g/mol. The third-order valence-corrected chi connectivity index (χ3v) is 9.77. The molecule has 28 heavy (non-hydrogen) atoms. The Hall–Kier alpha value is -0.830. The van der Waals surface area contributed by atoms with E-state index in [-0.39, 0.29) is 34.1 Å². The number of esters is 1. The van der Waals surface area contributed by atoms with Crippen molar-refractivity contribution in [2.75, 3.05) is 0 Å². The number of halogens is 1. The van der Waals surface area contributed by atoms with Gasteiger partial charge in [-0.3, -0.25) is 9.59 Å². The van der Waals surface area contributed by atoms with E-state index in [0.717, 1.165) is 43.9 Å². The summed E-state index contributed by atoms with van der Waals surface area (Å²) in [6.45, 7) is 8.47. The molecule has 0 aromatic carbocycles. The molecule has 1 unspecified atom stereocenters. The highest BCUT2D eigenvalue weighted by molar-refractivity contribution is 6.63. The molecule has 4 rings (SSSR count). The van der Waals surface area contributed by atoms with Gasteiger partial charge in [-0.05, 0) is 91.0 Å². The van der Waals surface area contributed by atoms with Crippen LogP contribution in [0.25, 0.3) is 0 Å². The zero-order valence-electron chi connectivity index (χ0n) is 17.8. The Kier molecular flexibility index (Phi) is 5.22. The van der Waals surface area contributed by atoms with Crippen LogP contribution in [0.15, 0.2) is 11.6 Å². The number of carbonyl (C=O) groups is 2. The van der Waals surface area contributed by atoms with Gasteiger partial charge in [0, 0.05) is 19.3 Å². The van der Waals surface area contributed by atoms with Crippen LogP contribution in [-0.4, -0.2) is 17.3 Å². The summed E-state index contributed by atoms with van der Waals surface area (Å²) in [5.74, 6) is 2.40. The lowest BCUT2D eigenvalue weighted by molar-refractivity contribution is -0.148. The number of hydrogen-bond donors (Lipinski definition) is 0. The number of allylic oxidation sites excluding steroid dienone is 1. The van der Waals surface area contributed by atoms with Gasteiger partial charge in [0.05, 0.1) is 0 Å². The van der Waals surface area contributed by atoms with Gasteiger partial charge < -0.3 is 4.74 Å². The molecule has 0 heterocycles. The molecule has 0 amide bonds. The smallest absolute Gasteiger partial charge is 0.302 e. The highest BCUT2D eigenvalue weighted by Gasteiger charge is 2.59. The summed E-state index contributed by atoms with van der Waals surface area (Å²) in [5, 5.41) is -0.157. The summed E-state index contributed by atoms with van der Waals surface area (Å²) in [6, 6.07) is 0. The Bertz CT molecular complexity index is 700. The van der Waals surface area contributed by atoms with E-state index in [0.29, 0.717) is 11.8 Å². The molecule has 0 saturated heterocycles. The summed E-state index contributed by atoms with van der Waals surface area (Å²) >= 11 is 5.92. The number of rotatable bonds is 3. The lowest BCUT2D eigenvalue weighted by Crippen LogP contribution is -2.51. The first kappa shape index (κ1) is 20.4. The van der Waals surface area contributed by atoms with Crippen molar-refractivity contribution in [1.29, 1.82) is 0 Å². The Morgan fingerprint density at radius 3 is 2.57 bits per heavy atom. The number of ether oxygens (including phenoxy) is 1. The van der Waals surface area contributed by atoms with Crippen molar-refractivity contribution in [2.24, 2.45) is 40.4 Å². The lowest BCUT2D eigenvalue weighted by Gasteiger charge is -2.58. The van der Waals surface area contributed by atoms with Gasteiger partial charge in [-0.1, -0.05) is 32.4 Å². The van der Waals surface area contributed by atoms with Crippen LogP contribution < -0.4 is 0 Å². The van der Waals surface area contributed by atoms with Crippen LogP contribution in [-0.2, 0) is 14.3 Å². The van der Waals surface area contributed by atoms with E-state index >= 15 is 0 Å². The van der Waals surface area contributed by atoms with Crippen LogP contribution in [0.4, 0.5) is 0 Å². The highest BCUT2D eigenvalue weighted by Crippen LogP contribution is 2.67. The molecule has 0 aliphatic heterocycles. The van der Waals surface area contributed by atoms with Crippen molar-refractivity contribution >= 4 is 22.8 Å². The fourth-order valence-corrected chi connectivity index (χ4v) is 8.13. The fraction of sp³-hybridized carbons (Fsp3) is 0.833. The van der Waals surface area contributed by atoms with Crippen LogP contribution >= 0.6 is 11.6 Å². The van der Waals surface area contributed by atoms with Crippen molar-refractivity contribution in [1.82, 2.24) is 0 Å². The summed E-state index contributed by atoms with van der Waals surface area (Å²) in [5.41, 5.74) is 2.04. The van der Waals surface area contributed by atoms with Gasteiger partial charge >= 0.3 is 5.97 Å². The average Bonchev–Trinajstić information content (AvgIpc) is 2.98. The van der Waals surface area contributed by atoms with Crippen LogP contribution in [0, 0.1) is 40.4 Å². The first-order valence-corrected chi connectivity index (χ1v) is 11.6. The molecule has 3 nitrogen and oxygen atoms in total. The molecule has 0 bridgehead atoms. The van der Waals surface area contributed by atoms with Crippen molar-refractivity contribution in [3.8, 4) is 0 Å². The first-order valence-electron chi connectivity index (χ1n) is 11.2. The summed E-state index contributed by atoms with van der Waals surface area (Å²) < 4.78 is 5.55. The SMILES string of the molecule is CC(=O)O[C@H]1CC[C@@]2(C)C(=CC[C@H]3[C@@H]4CC[C@H](C(C)C(=O)Cl)[C@@]4(C)CC[C@@H]32)C1. The topological polar surface area (TPSA) is 43.4 Å². The van der Waals surface area contributed by atoms with Crippen molar-refractivity contribution in [3.05, 3.63) is 11.6 Å². The van der Waals surface area contributed by atoms with E-state index in [2.05, 4.69) is 19.9 Å². The van der Waals surface area contributed by atoms with E-state index in [1.165, 1.54) is 31.8 Å². The van der Waals surface area contributed by atoms with Gasteiger partial charge in [0.15, 0.2) is 0 Å². The van der Waals surface area contributed by atoms with Crippen molar-refractivity contribution in [3.63, 3.8) is 0 Å². The molecule has 0 spiro atoms. The normalized spacial score (nSPS) is 45.9. The second-order valence-electron chi connectivity index (χ2n) is 10.6. The molecule has 3 saturated carbocycles. The Morgan fingerprint density at radius 1 is 1.14 bits per heavy atom. The minimum absolute atomic E-state index is 0.0299. The zero-order valence-corrected chi connectivity index (χ0v) is 18.6. The van der Waals surface area contributed by atoms with E-state index in [1.54, 1.807) is 0 Å². The number of fused-ring (bicyclic) bond motifs is 5. The first-order chi connectivity index (χ1) is 13.2. The number of hydrogen-bond acceptors (Lipinski definition) is 3. The number of carbonyl (C=O) groups excluding carboxylic acids is 2. The van der Waals surface area contributed by atoms with Gasteiger partial charge in [0.25, 0.3) is 0 Å². The molecule has 0 N–H and O–H groups in total. The van der Waals surface area contributed by atoms with Crippen molar-refractivity contribution in [2.45, 2.75) is 85.2 Å². The second-order valence-corrected chi connectivity index (χ2v) is 10.9. The maximum Gasteiger partial charge on any atom is 0.302 e. The van der Waals surface area contributed by atoms with E-state index in [1.807, 2.05) is 6.92 Å². The highest BCUT2D eigenvalue weighted by atomic mass is 35.5. The van der Waals surface area contributed by atoms with E-state index in [9.17, 15) is 9.59 Å². The quantitative estimate of drug-likeness (QED) is 0.333. The van der Waals surface area contributed by atoms with E-state index in [4.69, 9.17) is 16.3 Å². The average molecular weight is 407 g/mol. The van der Waals surface area contributed by atoms with Crippen molar-refractivity contribution < 1.29 is 14.3 Å². The van der Waals surface area contributed by atoms with Gasteiger partial charge in [-0.2, -0.15) is 0 Å². The third-order valence-electron chi connectivity index (χ3n) is 9.43. The summed E-state index contributed by atoms with van der Waals surface area (Å²) in [6.07, 6.45) is 11.6.